The molecule has 0 atom stereocenters. The Hall–Kier alpha value is -2.86. The van der Waals surface area contributed by atoms with Gasteiger partial charge in [-0.15, -0.1) is 0 Å². The van der Waals surface area contributed by atoms with Gasteiger partial charge >= 0.3 is 0 Å². The van der Waals surface area contributed by atoms with Crippen LogP contribution in [0.15, 0.2) is 47.5 Å². The van der Waals surface area contributed by atoms with Crippen LogP contribution in [0.3, 0.4) is 0 Å². The highest BCUT2D eigenvalue weighted by molar-refractivity contribution is 7.99. The van der Waals surface area contributed by atoms with Crippen LogP contribution in [-0.4, -0.2) is 29.1 Å². The van der Waals surface area contributed by atoms with Gasteiger partial charge in [-0.1, -0.05) is 35.5 Å². The normalized spacial score (nSPS) is 13.4. The molecule has 6 heteroatoms. The average Bonchev–Trinajstić information content (AvgIpc) is 2.66. The van der Waals surface area contributed by atoms with Gasteiger partial charge in [0.1, 0.15) is 6.54 Å². The van der Waals surface area contributed by atoms with Gasteiger partial charge < -0.3 is 10.2 Å². The number of aryl methyl sites for hydroxylation is 3. The second-order valence-corrected chi connectivity index (χ2v) is 8.08. The summed E-state index contributed by atoms with van der Waals surface area (Å²) in [5.74, 6) is -0.0556. The molecule has 0 bridgehead atoms. The maximum Gasteiger partial charge on any atom is 0.244 e. The lowest BCUT2D eigenvalue weighted by Crippen LogP contribution is -2.43. The van der Waals surface area contributed by atoms with E-state index in [0.717, 1.165) is 32.7 Å². The maximum atomic E-state index is 12.8. The molecule has 0 spiro atoms. The lowest BCUT2D eigenvalue weighted by atomic mass is 10.0. The van der Waals surface area contributed by atoms with Crippen LogP contribution < -0.4 is 10.2 Å². The minimum Gasteiger partial charge on any atom is -0.323 e. The standard InChI is InChI=1S/C22H21N3O2S/c1-13-8-15(3)22-16(9-13)14(2)10-20(24-22)28-12-21(27)25-11-19(26)23-17-6-4-5-7-18(17)25/h4-10H,11-12H2,1-3H3,(H,23,26). The van der Waals surface area contributed by atoms with Gasteiger partial charge in [-0.05, 0) is 56.2 Å². The number of nitrogens with zero attached hydrogens (tertiary/aromatic N) is 2. The number of carbonyl (C=O) groups is 2. The lowest BCUT2D eigenvalue weighted by Gasteiger charge is -2.29. The van der Waals surface area contributed by atoms with E-state index in [4.69, 9.17) is 4.98 Å². The van der Waals surface area contributed by atoms with Gasteiger partial charge in [0.05, 0.1) is 27.7 Å². The van der Waals surface area contributed by atoms with Crippen LogP contribution in [0.25, 0.3) is 10.9 Å². The topological polar surface area (TPSA) is 62.3 Å². The Bertz CT molecular complexity index is 1110. The van der Waals surface area contributed by atoms with E-state index in [9.17, 15) is 9.59 Å². The fourth-order valence-corrected chi connectivity index (χ4v) is 4.40. The predicted octanol–water partition coefficient (Wildman–Crippen LogP) is 4.24. The fourth-order valence-electron chi connectivity index (χ4n) is 3.56. The zero-order chi connectivity index (χ0) is 19.8. The summed E-state index contributed by atoms with van der Waals surface area (Å²) in [4.78, 5) is 31.1. The Balaban J connectivity index is 1.57. The summed E-state index contributed by atoms with van der Waals surface area (Å²) in [6.45, 7) is 6.25. The van der Waals surface area contributed by atoms with Crippen LogP contribution in [-0.2, 0) is 9.59 Å². The van der Waals surface area contributed by atoms with Crippen LogP contribution in [0.4, 0.5) is 11.4 Å². The Labute approximate surface area is 168 Å². The summed E-state index contributed by atoms with van der Waals surface area (Å²) in [6, 6.07) is 13.7. The third kappa shape index (κ3) is 3.47. The molecule has 5 nitrogen and oxygen atoms in total. The van der Waals surface area contributed by atoms with E-state index in [1.807, 2.05) is 24.3 Å². The molecule has 0 aliphatic carbocycles. The fraction of sp³-hybridized carbons (Fsp3) is 0.227. The molecule has 2 heterocycles. The summed E-state index contributed by atoms with van der Waals surface area (Å²) in [6.07, 6.45) is 0. The smallest absolute Gasteiger partial charge is 0.244 e. The monoisotopic (exact) mass is 391 g/mol. The zero-order valence-electron chi connectivity index (χ0n) is 16.1. The first kappa shape index (κ1) is 18.5. The van der Waals surface area contributed by atoms with Crippen molar-refractivity contribution in [2.24, 2.45) is 0 Å². The minimum absolute atomic E-state index is 0.0406. The van der Waals surface area contributed by atoms with Gasteiger partial charge in [-0.2, -0.15) is 0 Å². The van der Waals surface area contributed by atoms with Gasteiger partial charge in [0.2, 0.25) is 11.8 Å². The number of anilines is 2. The van der Waals surface area contributed by atoms with Gasteiger partial charge in [0, 0.05) is 5.39 Å². The van der Waals surface area contributed by atoms with Crippen molar-refractivity contribution < 1.29 is 9.59 Å². The number of amides is 2. The van der Waals surface area contributed by atoms with Crippen molar-refractivity contribution in [3.05, 3.63) is 59.2 Å². The Morgan fingerprint density at radius 2 is 1.93 bits per heavy atom. The van der Waals surface area contributed by atoms with Gasteiger partial charge in [-0.3, -0.25) is 9.59 Å². The SMILES string of the molecule is Cc1cc(C)c2nc(SCC(=O)N3CC(=O)Nc4ccccc43)cc(C)c2c1. The number of para-hydroxylation sites is 2. The largest absolute Gasteiger partial charge is 0.323 e. The molecule has 28 heavy (non-hydrogen) atoms. The van der Waals surface area contributed by atoms with Crippen molar-refractivity contribution in [2.45, 2.75) is 25.8 Å². The quantitative estimate of drug-likeness (QED) is 0.679. The molecule has 0 saturated heterocycles. The Morgan fingerprint density at radius 3 is 2.75 bits per heavy atom. The minimum atomic E-state index is -0.178. The Kier molecular flexibility index (Phi) is 4.81. The summed E-state index contributed by atoms with van der Waals surface area (Å²) in [5.41, 5.74) is 5.88. The van der Waals surface area contributed by atoms with Crippen molar-refractivity contribution in [3.8, 4) is 0 Å². The molecule has 142 valence electrons. The first-order valence-electron chi connectivity index (χ1n) is 9.13. The van der Waals surface area contributed by atoms with Gasteiger partial charge in [0.15, 0.2) is 0 Å². The number of fused-ring (bicyclic) bond motifs is 2. The average molecular weight is 391 g/mol. The molecule has 1 N–H and O–H groups in total. The van der Waals surface area contributed by atoms with Crippen LogP contribution in [0.5, 0.6) is 0 Å². The highest BCUT2D eigenvalue weighted by Gasteiger charge is 2.26. The molecule has 0 radical (unpaired) electrons. The van der Waals surface area contributed by atoms with Crippen molar-refractivity contribution in [3.63, 3.8) is 0 Å². The highest BCUT2D eigenvalue weighted by Crippen LogP contribution is 2.31. The molecule has 0 fully saturated rings. The van der Waals surface area contributed by atoms with Crippen molar-refractivity contribution >= 4 is 45.9 Å². The van der Waals surface area contributed by atoms with E-state index in [1.165, 1.54) is 17.3 Å². The number of pyridine rings is 1. The van der Waals surface area contributed by atoms with Crippen LogP contribution >= 0.6 is 11.8 Å². The molecule has 1 aliphatic rings. The summed E-state index contributed by atoms with van der Waals surface area (Å²) >= 11 is 1.41. The van der Waals surface area contributed by atoms with E-state index in [1.54, 1.807) is 11.0 Å². The summed E-state index contributed by atoms with van der Waals surface area (Å²) in [7, 11) is 0. The molecule has 0 saturated carbocycles. The van der Waals surface area contributed by atoms with E-state index < -0.39 is 0 Å². The molecule has 2 aromatic carbocycles. The number of hydrogen-bond acceptors (Lipinski definition) is 4. The van der Waals surface area contributed by atoms with E-state index >= 15 is 0 Å². The number of thioether (sulfide) groups is 1. The number of hydrogen-bond donors (Lipinski definition) is 1. The molecule has 4 rings (SSSR count). The first-order chi connectivity index (χ1) is 13.4. The number of rotatable bonds is 3. The van der Waals surface area contributed by atoms with Gasteiger partial charge in [-0.25, -0.2) is 4.98 Å². The summed E-state index contributed by atoms with van der Waals surface area (Å²) < 4.78 is 0. The van der Waals surface area contributed by atoms with Crippen LogP contribution in [0, 0.1) is 20.8 Å². The van der Waals surface area contributed by atoms with E-state index in [0.29, 0.717) is 5.69 Å². The van der Waals surface area contributed by atoms with Crippen molar-refractivity contribution in [1.29, 1.82) is 0 Å². The molecular formula is C22H21N3O2S. The molecular weight excluding hydrogens is 370 g/mol. The van der Waals surface area contributed by atoms with Gasteiger partial charge in [0.25, 0.3) is 0 Å². The second-order valence-electron chi connectivity index (χ2n) is 7.09. The third-order valence-electron chi connectivity index (χ3n) is 4.85. The van der Waals surface area contributed by atoms with Crippen molar-refractivity contribution in [2.75, 3.05) is 22.5 Å². The van der Waals surface area contributed by atoms with Crippen LogP contribution in [0.1, 0.15) is 16.7 Å². The molecule has 3 aromatic rings. The third-order valence-corrected chi connectivity index (χ3v) is 5.74. The number of benzene rings is 2. The van der Waals surface area contributed by atoms with E-state index in [2.05, 4.69) is 38.2 Å². The van der Waals surface area contributed by atoms with Crippen molar-refractivity contribution in [1.82, 2.24) is 4.98 Å². The molecule has 1 aliphatic heterocycles. The number of nitrogens with one attached hydrogen (secondary N) is 1. The zero-order valence-corrected chi connectivity index (χ0v) is 16.9. The highest BCUT2D eigenvalue weighted by atomic mass is 32.2. The maximum absolute atomic E-state index is 12.8. The second kappa shape index (κ2) is 7.28. The number of carbonyl (C=O) groups excluding carboxylic acids is 2. The molecule has 1 aromatic heterocycles. The Morgan fingerprint density at radius 1 is 1.14 bits per heavy atom. The van der Waals surface area contributed by atoms with Crippen LogP contribution in [0.2, 0.25) is 0 Å². The number of aromatic nitrogens is 1. The first-order valence-corrected chi connectivity index (χ1v) is 10.1. The summed E-state index contributed by atoms with van der Waals surface area (Å²) in [5, 5.41) is 4.77. The molecule has 2 amide bonds. The lowest BCUT2D eigenvalue weighted by molar-refractivity contribution is -0.120. The molecule has 0 unspecified atom stereocenters. The van der Waals surface area contributed by atoms with E-state index in [-0.39, 0.29) is 24.1 Å². The predicted molar refractivity (Wildman–Crippen MR) is 114 cm³/mol.